The lowest BCUT2D eigenvalue weighted by Gasteiger charge is -2.25. The number of hydrogen-bond acceptors (Lipinski definition) is 3. The molecule has 29 heavy (non-hydrogen) atoms. The fourth-order valence-corrected chi connectivity index (χ4v) is 3.78. The Morgan fingerprint density at radius 2 is 1.38 bits per heavy atom. The maximum Gasteiger partial charge on any atom is 0.282 e. The monoisotopic (exact) mass is 402 g/mol. The molecule has 1 heterocycles. The molecule has 0 spiro atoms. The second-order valence-electron chi connectivity index (χ2n) is 6.57. The molecule has 4 rings (SSSR count). The fraction of sp³-hybridized carbons (Fsp3) is 0.0833. The average molecular weight is 403 g/mol. The van der Waals surface area contributed by atoms with Gasteiger partial charge in [-0.1, -0.05) is 72.3 Å². The summed E-state index contributed by atoms with van der Waals surface area (Å²) in [5.74, 6) is -0.758. The van der Waals surface area contributed by atoms with Gasteiger partial charge in [-0.25, -0.2) is 4.90 Å². The van der Waals surface area contributed by atoms with Crippen LogP contribution in [0.2, 0.25) is 5.02 Å². The summed E-state index contributed by atoms with van der Waals surface area (Å²) in [4.78, 5) is 30.1. The Morgan fingerprint density at radius 3 is 2.00 bits per heavy atom. The number of carbonyl (C=O) groups is 2. The summed E-state index contributed by atoms with van der Waals surface area (Å²) in [6.07, 6.45) is 0. The highest BCUT2D eigenvalue weighted by molar-refractivity contribution is 6.48. The first-order valence-corrected chi connectivity index (χ1v) is 9.77. The number of carbonyl (C=O) groups excluding carboxylic acids is 2. The molecule has 0 aromatic heterocycles. The molecule has 0 atom stereocenters. The number of amides is 2. The molecular formula is C24H19ClN2O2. The molecule has 3 aromatic carbocycles. The van der Waals surface area contributed by atoms with Crippen LogP contribution >= 0.6 is 11.6 Å². The minimum atomic E-state index is -0.382. The minimum absolute atomic E-state index is 0.352. The van der Waals surface area contributed by atoms with Crippen LogP contribution in [-0.4, -0.2) is 18.4 Å². The van der Waals surface area contributed by atoms with Crippen LogP contribution in [0.3, 0.4) is 0 Å². The minimum Gasteiger partial charge on any atom is -0.337 e. The van der Waals surface area contributed by atoms with Gasteiger partial charge >= 0.3 is 0 Å². The lowest BCUT2D eigenvalue weighted by Crippen LogP contribution is -2.35. The molecule has 0 aliphatic carbocycles. The summed E-state index contributed by atoms with van der Waals surface area (Å²) in [7, 11) is 0. The summed E-state index contributed by atoms with van der Waals surface area (Å²) in [6.45, 7) is 2.49. The standard InChI is InChI=1S/C24H19ClN2O2/c1-2-26(18-13-7-4-8-14-18)22-21(17-11-5-3-6-12-17)23(28)27(24(22)29)20-16-10-9-15-19(20)25/h3-16H,2H2,1H3. The summed E-state index contributed by atoms with van der Waals surface area (Å²) in [6, 6.07) is 25.8. The molecule has 0 unspecified atom stereocenters. The summed E-state index contributed by atoms with van der Waals surface area (Å²) in [5, 5.41) is 0.352. The highest BCUT2D eigenvalue weighted by Crippen LogP contribution is 2.38. The zero-order valence-electron chi connectivity index (χ0n) is 15.9. The summed E-state index contributed by atoms with van der Waals surface area (Å²) >= 11 is 6.33. The molecule has 0 fully saturated rings. The highest BCUT2D eigenvalue weighted by atomic mass is 35.5. The Bertz CT molecular complexity index is 1090. The summed E-state index contributed by atoms with van der Waals surface area (Å²) in [5.41, 5.74) is 2.66. The van der Waals surface area contributed by atoms with Crippen molar-refractivity contribution in [1.82, 2.24) is 0 Å². The van der Waals surface area contributed by atoms with Crippen molar-refractivity contribution in [3.8, 4) is 0 Å². The van der Waals surface area contributed by atoms with Gasteiger partial charge in [0.25, 0.3) is 11.8 Å². The fourth-order valence-electron chi connectivity index (χ4n) is 3.56. The van der Waals surface area contributed by atoms with E-state index >= 15 is 0 Å². The van der Waals surface area contributed by atoms with Crippen LogP contribution in [-0.2, 0) is 9.59 Å². The first-order valence-electron chi connectivity index (χ1n) is 9.39. The molecule has 5 heteroatoms. The third-order valence-electron chi connectivity index (χ3n) is 4.87. The van der Waals surface area contributed by atoms with Crippen LogP contribution < -0.4 is 9.80 Å². The van der Waals surface area contributed by atoms with E-state index in [0.717, 1.165) is 5.69 Å². The maximum atomic E-state index is 13.6. The van der Waals surface area contributed by atoms with E-state index in [0.29, 0.717) is 34.1 Å². The van der Waals surface area contributed by atoms with Crippen molar-refractivity contribution in [2.75, 3.05) is 16.3 Å². The molecule has 1 aliphatic rings. The van der Waals surface area contributed by atoms with Crippen molar-refractivity contribution in [3.05, 3.63) is 101 Å². The smallest absolute Gasteiger partial charge is 0.282 e. The first kappa shape index (κ1) is 19.0. The van der Waals surface area contributed by atoms with Crippen molar-refractivity contribution >= 4 is 40.4 Å². The second-order valence-corrected chi connectivity index (χ2v) is 6.97. The lowest BCUT2D eigenvalue weighted by molar-refractivity contribution is -0.120. The van der Waals surface area contributed by atoms with E-state index in [1.807, 2.05) is 72.5 Å². The molecule has 0 radical (unpaired) electrons. The predicted octanol–water partition coefficient (Wildman–Crippen LogP) is 5.15. The Hall–Kier alpha value is -3.37. The number of para-hydroxylation sites is 2. The quantitative estimate of drug-likeness (QED) is 0.554. The number of anilines is 2. The van der Waals surface area contributed by atoms with E-state index < -0.39 is 0 Å². The van der Waals surface area contributed by atoms with Crippen molar-refractivity contribution in [3.63, 3.8) is 0 Å². The second kappa shape index (κ2) is 7.94. The van der Waals surface area contributed by atoms with Gasteiger partial charge < -0.3 is 4.90 Å². The number of nitrogens with zero attached hydrogens (tertiary/aromatic N) is 2. The molecule has 144 valence electrons. The largest absolute Gasteiger partial charge is 0.337 e. The Morgan fingerprint density at radius 1 is 0.793 bits per heavy atom. The third kappa shape index (κ3) is 3.32. The van der Waals surface area contributed by atoms with Crippen molar-refractivity contribution < 1.29 is 9.59 Å². The molecule has 0 N–H and O–H groups in total. The van der Waals surface area contributed by atoms with Gasteiger partial charge in [-0.3, -0.25) is 9.59 Å². The van der Waals surface area contributed by atoms with Gasteiger partial charge in [-0.05, 0) is 36.8 Å². The van der Waals surface area contributed by atoms with E-state index in [1.54, 1.807) is 24.3 Å². The van der Waals surface area contributed by atoms with Crippen molar-refractivity contribution in [2.24, 2.45) is 0 Å². The number of hydrogen-bond donors (Lipinski definition) is 0. The summed E-state index contributed by atoms with van der Waals surface area (Å²) < 4.78 is 0. The Labute approximate surface area is 174 Å². The van der Waals surface area contributed by atoms with E-state index in [-0.39, 0.29) is 11.8 Å². The highest BCUT2D eigenvalue weighted by Gasteiger charge is 2.43. The molecule has 4 nitrogen and oxygen atoms in total. The number of halogens is 1. The van der Waals surface area contributed by atoms with E-state index in [9.17, 15) is 9.59 Å². The first-order chi connectivity index (χ1) is 14.1. The Balaban J connectivity index is 1.92. The zero-order chi connectivity index (χ0) is 20.4. The van der Waals surface area contributed by atoms with E-state index in [2.05, 4.69) is 0 Å². The van der Waals surface area contributed by atoms with Gasteiger partial charge in [-0.2, -0.15) is 0 Å². The van der Waals surface area contributed by atoms with Gasteiger partial charge in [0.15, 0.2) is 0 Å². The van der Waals surface area contributed by atoms with E-state index in [4.69, 9.17) is 11.6 Å². The molecule has 3 aromatic rings. The number of rotatable bonds is 5. The van der Waals surface area contributed by atoms with E-state index in [1.165, 1.54) is 4.90 Å². The van der Waals surface area contributed by atoms with Crippen molar-refractivity contribution in [2.45, 2.75) is 6.92 Å². The van der Waals surface area contributed by atoms with Crippen LogP contribution in [0.1, 0.15) is 12.5 Å². The SMILES string of the molecule is CCN(C1=C(c2ccccc2)C(=O)N(c2ccccc2Cl)C1=O)c1ccccc1. The number of imide groups is 1. The van der Waals surface area contributed by atoms with Gasteiger partial charge in [0.2, 0.25) is 0 Å². The zero-order valence-corrected chi connectivity index (χ0v) is 16.6. The van der Waals surface area contributed by atoms with Gasteiger partial charge in [-0.15, -0.1) is 0 Å². The Kier molecular flexibility index (Phi) is 5.19. The van der Waals surface area contributed by atoms with Gasteiger partial charge in [0, 0.05) is 12.2 Å². The molecule has 0 saturated carbocycles. The predicted molar refractivity (Wildman–Crippen MR) is 117 cm³/mol. The van der Waals surface area contributed by atoms with Gasteiger partial charge in [0.05, 0.1) is 16.3 Å². The van der Waals surface area contributed by atoms with Crippen LogP contribution in [0, 0.1) is 0 Å². The van der Waals surface area contributed by atoms with Crippen molar-refractivity contribution in [1.29, 1.82) is 0 Å². The molecular weight excluding hydrogens is 384 g/mol. The van der Waals surface area contributed by atoms with Crippen LogP contribution in [0.5, 0.6) is 0 Å². The number of likely N-dealkylation sites (N-methyl/N-ethyl adjacent to an activating group) is 1. The molecule has 0 bridgehead atoms. The topological polar surface area (TPSA) is 40.6 Å². The molecule has 1 aliphatic heterocycles. The normalized spacial score (nSPS) is 13.9. The number of benzene rings is 3. The third-order valence-corrected chi connectivity index (χ3v) is 5.19. The molecule has 0 saturated heterocycles. The van der Waals surface area contributed by atoms with Gasteiger partial charge in [0.1, 0.15) is 5.70 Å². The average Bonchev–Trinajstić information content (AvgIpc) is 3.01. The maximum absolute atomic E-state index is 13.6. The molecule has 2 amide bonds. The lowest BCUT2D eigenvalue weighted by atomic mass is 10.0. The van der Waals surface area contributed by atoms with Crippen LogP contribution in [0.15, 0.2) is 90.6 Å². The van der Waals surface area contributed by atoms with Crippen LogP contribution in [0.25, 0.3) is 5.57 Å². The van der Waals surface area contributed by atoms with Crippen LogP contribution in [0.4, 0.5) is 11.4 Å².